The Balaban J connectivity index is 2.13. The second-order valence-electron chi connectivity index (χ2n) is 3.97. The van der Waals surface area contributed by atoms with Crippen LogP contribution in [0.3, 0.4) is 0 Å². The van der Waals surface area contributed by atoms with Crippen LogP contribution in [0.4, 0.5) is 5.82 Å². The monoisotopic (exact) mass is 236 g/mol. The van der Waals surface area contributed by atoms with Gasteiger partial charge < -0.3 is 5.43 Å². The van der Waals surface area contributed by atoms with Crippen LogP contribution in [0.1, 0.15) is 0 Å². The molecular weight excluding hydrogens is 224 g/mol. The van der Waals surface area contributed by atoms with Gasteiger partial charge in [0, 0.05) is 17.8 Å². The lowest BCUT2D eigenvalue weighted by Gasteiger charge is -2.04. The molecule has 0 aliphatic rings. The zero-order chi connectivity index (χ0) is 12.4. The van der Waals surface area contributed by atoms with Crippen LogP contribution in [0.5, 0.6) is 0 Å². The summed E-state index contributed by atoms with van der Waals surface area (Å²) < 4.78 is 0. The molecule has 88 valence electrons. The lowest BCUT2D eigenvalue weighted by molar-refractivity contribution is 1.15. The van der Waals surface area contributed by atoms with E-state index in [1.807, 2.05) is 18.2 Å². The standard InChI is InChI=1S/C14H12N4/c15-18-13-7-8-16-14(17-13)12-6-5-10-3-1-2-4-11(10)9-12/h1-9H,15H2,(H,16,17,18). The average molecular weight is 236 g/mol. The Hall–Kier alpha value is -2.46. The van der Waals surface area contributed by atoms with Crippen LogP contribution >= 0.6 is 0 Å². The number of nitrogens with zero attached hydrogens (tertiary/aromatic N) is 2. The lowest BCUT2D eigenvalue weighted by atomic mass is 10.1. The summed E-state index contributed by atoms with van der Waals surface area (Å²) in [6.45, 7) is 0. The van der Waals surface area contributed by atoms with Gasteiger partial charge in [0.1, 0.15) is 5.82 Å². The van der Waals surface area contributed by atoms with Crippen molar-refractivity contribution in [3.05, 3.63) is 54.7 Å². The van der Waals surface area contributed by atoms with E-state index in [4.69, 9.17) is 5.84 Å². The fourth-order valence-corrected chi connectivity index (χ4v) is 1.91. The maximum absolute atomic E-state index is 5.35. The van der Waals surface area contributed by atoms with Gasteiger partial charge in [-0.1, -0.05) is 36.4 Å². The first-order valence-corrected chi connectivity index (χ1v) is 5.66. The summed E-state index contributed by atoms with van der Waals surface area (Å²) in [5.41, 5.74) is 3.50. The minimum absolute atomic E-state index is 0.605. The molecule has 3 N–H and O–H groups in total. The van der Waals surface area contributed by atoms with E-state index in [1.165, 1.54) is 10.8 Å². The highest BCUT2D eigenvalue weighted by Gasteiger charge is 2.03. The molecule has 0 spiro atoms. The zero-order valence-electron chi connectivity index (χ0n) is 9.67. The minimum atomic E-state index is 0.605. The molecule has 0 fully saturated rings. The molecule has 0 amide bonds. The normalized spacial score (nSPS) is 10.5. The molecule has 1 heterocycles. The molecule has 2 aromatic carbocycles. The Bertz CT molecular complexity index is 694. The maximum Gasteiger partial charge on any atom is 0.161 e. The number of aromatic nitrogens is 2. The third kappa shape index (κ3) is 1.89. The second kappa shape index (κ2) is 4.43. The Kier molecular flexibility index (Phi) is 2.63. The van der Waals surface area contributed by atoms with Crippen LogP contribution in [0.25, 0.3) is 22.2 Å². The molecule has 4 nitrogen and oxygen atoms in total. The summed E-state index contributed by atoms with van der Waals surface area (Å²) in [5.74, 6) is 6.61. The van der Waals surface area contributed by atoms with Crippen molar-refractivity contribution in [3.63, 3.8) is 0 Å². The van der Waals surface area contributed by atoms with Crippen molar-refractivity contribution < 1.29 is 0 Å². The Morgan fingerprint density at radius 2 is 1.78 bits per heavy atom. The van der Waals surface area contributed by atoms with Crippen molar-refractivity contribution in [2.24, 2.45) is 5.84 Å². The molecule has 1 aromatic heterocycles. The van der Waals surface area contributed by atoms with E-state index in [0.717, 1.165) is 5.56 Å². The summed E-state index contributed by atoms with van der Waals surface area (Å²) in [6.07, 6.45) is 1.69. The van der Waals surface area contributed by atoms with E-state index in [9.17, 15) is 0 Å². The second-order valence-corrected chi connectivity index (χ2v) is 3.97. The largest absolute Gasteiger partial charge is 0.308 e. The third-order valence-electron chi connectivity index (χ3n) is 2.81. The highest BCUT2D eigenvalue weighted by molar-refractivity contribution is 5.86. The first-order valence-electron chi connectivity index (χ1n) is 5.66. The number of hydrogen-bond donors (Lipinski definition) is 2. The van der Waals surface area contributed by atoms with Gasteiger partial charge in [-0.05, 0) is 16.8 Å². The number of anilines is 1. The Morgan fingerprint density at radius 1 is 0.944 bits per heavy atom. The maximum atomic E-state index is 5.35. The van der Waals surface area contributed by atoms with Crippen LogP contribution in [-0.4, -0.2) is 9.97 Å². The summed E-state index contributed by atoms with van der Waals surface area (Å²) in [7, 11) is 0. The smallest absolute Gasteiger partial charge is 0.161 e. The van der Waals surface area contributed by atoms with Crippen molar-refractivity contribution in [2.45, 2.75) is 0 Å². The zero-order valence-corrected chi connectivity index (χ0v) is 9.67. The van der Waals surface area contributed by atoms with Gasteiger partial charge in [-0.2, -0.15) is 0 Å². The number of nitrogen functional groups attached to an aromatic ring is 1. The number of nitrogens with two attached hydrogens (primary N) is 1. The van der Waals surface area contributed by atoms with E-state index in [1.54, 1.807) is 12.3 Å². The Morgan fingerprint density at radius 3 is 2.61 bits per heavy atom. The number of rotatable bonds is 2. The predicted octanol–water partition coefficient (Wildman–Crippen LogP) is 2.58. The van der Waals surface area contributed by atoms with E-state index >= 15 is 0 Å². The topological polar surface area (TPSA) is 63.8 Å². The summed E-state index contributed by atoms with van der Waals surface area (Å²) in [4.78, 5) is 8.58. The van der Waals surface area contributed by atoms with Crippen LogP contribution in [0.15, 0.2) is 54.7 Å². The molecular formula is C14H12N4. The number of benzene rings is 2. The predicted molar refractivity (Wildman–Crippen MR) is 72.8 cm³/mol. The molecule has 3 rings (SSSR count). The molecule has 0 unspecified atom stereocenters. The summed E-state index contributed by atoms with van der Waals surface area (Å²) in [5, 5.41) is 2.37. The van der Waals surface area contributed by atoms with Gasteiger partial charge in [0.2, 0.25) is 0 Å². The first kappa shape index (κ1) is 10.7. The molecule has 0 saturated heterocycles. The number of fused-ring (bicyclic) bond motifs is 1. The van der Waals surface area contributed by atoms with E-state index < -0.39 is 0 Å². The first-order chi connectivity index (χ1) is 8.86. The van der Waals surface area contributed by atoms with Crippen molar-refractivity contribution >= 4 is 16.6 Å². The lowest BCUT2D eigenvalue weighted by Crippen LogP contribution is -2.09. The van der Waals surface area contributed by atoms with Gasteiger partial charge in [0.15, 0.2) is 5.82 Å². The molecule has 4 heteroatoms. The molecule has 18 heavy (non-hydrogen) atoms. The third-order valence-corrected chi connectivity index (χ3v) is 2.81. The number of hydrazine groups is 1. The quantitative estimate of drug-likeness (QED) is 0.530. The number of nitrogens with one attached hydrogen (secondary N) is 1. The van der Waals surface area contributed by atoms with Crippen molar-refractivity contribution in [1.82, 2.24) is 9.97 Å². The van der Waals surface area contributed by atoms with Crippen LogP contribution in [0.2, 0.25) is 0 Å². The molecule has 0 atom stereocenters. The molecule has 3 aromatic rings. The summed E-state index contributed by atoms with van der Waals surface area (Å²) >= 11 is 0. The Labute approximate surface area is 104 Å². The van der Waals surface area contributed by atoms with E-state index in [0.29, 0.717) is 11.6 Å². The van der Waals surface area contributed by atoms with E-state index in [-0.39, 0.29) is 0 Å². The number of hydrogen-bond acceptors (Lipinski definition) is 4. The van der Waals surface area contributed by atoms with Gasteiger partial charge in [-0.25, -0.2) is 15.8 Å². The SMILES string of the molecule is NNc1ccnc(-c2ccc3ccccc3c2)n1. The fraction of sp³-hybridized carbons (Fsp3) is 0. The van der Waals surface area contributed by atoms with Gasteiger partial charge in [-0.15, -0.1) is 0 Å². The van der Waals surface area contributed by atoms with Crippen molar-refractivity contribution in [2.75, 3.05) is 5.43 Å². The molecule has 0 bridgehead atoms. The highest BCUT2D eigenvalue weighted by atomic mass is 15.3. The van der Waals surface area contributed by atoms with Gasteiger partial charge in [0.05, 0.1) is 0 Å². The van der Waals surface area contributed by atoms with Gasteiger partial charge in [-0.3, -0.25) is 0 Å². The van der Waals surface area contributed by atoms with Gasteiger partial charge in [0.25, 0.3) is 0 Å². The minimum Gasteiger partial charge on any atom is -0.308 e. The summed E-state index contributed by atoms with van der Waals surface area (Å²) in [6, 6.07) is 16.1. The van der Waals surface area contributed by atoms with E-state index in [2.05, 4.69) is 39.7 Å². The van der Waals surface area contributed by atoms with Crippen LogP contribution < -0.4 is 11.3 Å². The fourth-order valence-electron chi connectivity index (χ4n) is 1.91. The average Bonchev–Trinajstić information content (AvgIpc) is 2.47. The highest BCUT2D eigenvalue weighted by Crippen LogP contribution is 2.22. The van der Waals surface area contributed by atoms with Crippen molar-refractivity contribution in [3.8, 4) is 11.4 Å². The van der Waals surface area contributed by atoms with Gasteiger partial charge >= 0.3 is 0 Å². The van der Waals surface area contributed by atoms with Crippen LogP contribution in [-0.2, 0) is 0 Å². The molecule has 0 aliphatic carbocycles. The molecule has 0 aliphatic heterocycles. The molecule has 0 saturated carbocycles. The van der Waals surface area contributed by atoms with Crippen molar-refractivity contribution in [1.29, 1.82) is 0 Å². The van der Waals surface area contributed by atoms with Crippen LogP contribution in [0, 0.1) is 0 Å². The molecule has 0 radical (unpaired) electrons.